The quantitative estimate of drug-likeness (QED) is 0.621. The first kappa shape index (κ1) is 17.0. The van der Waals surface area contributed by atoms with Crippen LogP contribution in [0.5, 0.6) is 0 Å². The van der Waals surface area contributed by atoms with Gasteiger partial charge in [-0.25, -0.2) is 4.98 Å². The van der Waals surface area contributed by atoms with Crippen LogP contribution in [0.4, 0.5) is 22.7 Å². The molecular weight excluding hydrogens is 346 g/mol. The third-order valence-corrected chi connectivity index (χ3v) is 4.74. The van der Waals surface area contributed by atoms with Gasteiger partial charge in [-0.2, -0.15) is 17.6 Å². The molecule has 10 heteroatoms. The van der Waals surface area contributed by atoms with Crippen molar-refractivity contribution in [3.05, 3.63) is 34.8 Å². The summed E-state index contributed by atoms with van der Waals surface area (Å²) in [6.45, 7) is 3.31. The third kappa shape index (κ3) is 4.18. The molecule has 0 radical (unpaired) electrons. The largest absolute Gasteiger partial charge is 0.445 e. The Hall–Kier alpha value is -1.81. The van der Waals surface area contributed by atoms with E-state index in [1.807, 2.05) is 4.90 Å². The first-order chi connectivity index (χ1) is 11.4. The molecule has 0 spiro atoms. The summed E-state index contributed by atoms with van der Waals surface area (Å²) in [4.78, 5) is 7.63. The minimum Gasteiger partial charge on any atom is -0.345 e. The van der Waals surface area contributed by atoms with Gasteiger partial charge in [-0.3, -0.25) is 4.90 Å². The molecule has 1 saturated heterocycles. The number of rotatable bonds is 3. The molecule has 0 bridgehead atoms. The Morgan fingerprint density at radius 2 is 1.92 bits per heavy atom. The first-order valence-electron chi connectivity index (χ1n) is 7.40. The van der Waals surface area contributed by atoms with E-state index in [-0.39, 0.29) is 0 Å². The Balaban J connectivity index is 1.60. The van der Waals surface area contributed by atoms with E-state index in [0.29, 0.717) is 42.6 Å². The summed E-state index contributed by atoms with van der Waals surface area (Å²) in [6.07, 6.45) is -2.16. The molecule has 0 aromatic carbocycles. The molecular formula is C14H15F4N5S. The molecule has 1 aliphatic heterocycles. The van der Waals surface area contributed by atoms with Gasteiger partial charge in [-0.15, -0.1) is 10.2 Å². The summed E-state index contributed by atoms with van der Waals surface area (Å²) in [5.41, 5.74) is 0.903. The number of hydrogen-bond donors (Lipinski definition) is 0. The standard InChI is InChI=1S/C14H15F4N5S/c15-11-3-2-10(8-19-11)9-22-4-1-5-23(7-6-22)13-21-20-12(24-13)14(16,17)18/h2-3,8H,1,4-7,9H2. The highest BCUT2D eigenvalue weighted by atomic mass is 32.1. The lowest BCUT2D eigenvalue weighted by molar-refractivity contribution is -0.138. The molecule has 0 atom stereocenters. The highest BCUT2D eigenvalue weighted by Crippen LogP contribution is 2.34. The predicted molar refractivity (Wildman–Crippen MR) is 81.2 cm³/mol. The molecule has 1 fully saturated rings. The molecule has 2 aromatic heterocycles. The van der Waals surface area contributed by atoms with Crippen LogP contribution < -0.4 is 4.90 Å². The Kier molecular flexibility index (Phi) is 4.95. The fourth-order valence-corrected chi connectivity index (χ4v) is 3.30. The lowest BCUT2D eigenvalue weighted by Crippen LogP contribution is -2.30. The van der Waals surface area contributed by atoms with Crippen LogP contribution in [0.1, 0.15) is 17.0 Å². The fraction of sp³-hybridized carbons (Fsp3) is 0.500. The molecule has 0 aliphatic carbocycles. The Morgan fingerprint density at radius 1 is 1.08 bits per heavy atom. The van der Waals surface area contributed by atoms with Crippen LogP contribution in [0.2, 0.25) is 0 Å². The van der Waals surface area contributed by atoms with Crippen LogP contribution in [-0.4, -0.2) is 46.3 Å². The third-order valence-electron chi connectivity index (χ3n) is 3.71. The summed E-state index contributed by atoms with van der Waals surface area (Å²) in [7, 11) is 0. The zero-order valence-corrected chi connectivity index (χ0v) is 13.4. The zero-order chi connectivity index (χ0) is 17.2. The molecule has 2 aromatic rings. The van der Waals surface area contributed by atoms with Gasteiger partial charge in [0, 0.05) is 38.9 Å². The van der Waals surface area contributed by atoms with Gasteiger partial charge in [0.25, 0.3) is 0 Å². The molecule has 5 nitrogen and oxygen atoms in total. The van der Waals surface area contributed by atoms with Crippen LogP contribution in [0.3, 0.4) is 0 Å². The van der Waals surface area contributed by atoms with Crippen molar-refractivity contribution in [2.75, 3.05) is 31.1 Å². The van der Waals surface area contributed by atoms with Crippen molar-refractivity contribution in [1.82, 2.24) is 20.1 Å². The second-order valence-electron chi connectivity index (χ2n) is 5.49. The average Bonchev–Trinajstić information content (AvgIpc) is 2.92. The molecule has 0 unspecified atom stereocenters. The molecule has 0 N–H and O–H groups in total. The Labute approximate surface area is 139 Å². The van der Waals surface area contributed by atoms with Crippen LogP contribution in [-0.2, 0) is 12.7 Å². The Bertz CT molecular complexity index is 673. The normalized spacial score (nSPS) is 17.1. The van der Waals surface area contributed by atoms with Crippen LogP contribution >= 0.6 is 11.3 Å². The van der Waals surface area contributed by atoms with E-state index in [9.17, 15) is 17.6 Å². The van der Waals surface area contributed by atoms with Gasteiger partial charge in [0.1, 0.15) is 0 Å². The van der Waals surface area contributed by atoms with E-state index >= 15 is 0 Å². The number of alkyl halides is 3. The number of hydrogen-bond acceptors (Lipinski definition) is 6. The predicted octanol–water partition coefficient (Wildman–Crippen LogP) is 2.80. The van der Waals surface area contributed by atoms with E-state index in [0.717, 1.165) is 18.5 Å². The summed E-state index contributed by atoms with van der Waals surface area (Å²) in [6, 6.07) is 3.00. The van der Waals surface area contributed by atoms with Crippen molar-refractivity contribution in [2.45, 2.75) is 19.1 Å². The molecule has 24 heavy (non-hydrogen) atoms. The maximum absolute atomic E-state index is 12.8. The summed E-state index contributed by atoms with van der Waals surface area (Å²) < 4.78 is 50.7. The van der Waals surface area contributed by atoms with Crippen LogP contribution in [0.25, 0.3) is 0 Å². The average molecular weight is 361 g/mol. The van der Waals surface area contributed by atoms with Gasteiger partial charge >= 0.3 is 6.18 Å². The van der Waals surface area contributed by atoms with Gasteiger partial charge in [0.15, 0.2) is 0 Å². The number of anilines is 1. The van der Waals surface area contributed by atoms with Crippen molar-refractivity contribution in [2.24, 2.45) is 0 Å². The van der Waals surface area contributed by atoms with Gasteiger partial charge < -0.3 is 4.90 Å². The minimum absolute atomic E-state index is 0.299. The van der Waals surface area contributed by atoms with Gasteiger partial charge in [0.05, 0.1) is 0 Å². The van der Waals surface area contributed by atoms with Crippen molar-refractivity contribution in [3.63, 3.8) is 0 Å². The summed E-state index contributed by atoms with van der Waals surface area (Å²) >= 11 is 0.571. The van der Waals surface area contributed by atoms with Gasteiger partial charge in [0.2, 0.25) is 16.1 Å². The van der Waals surface area contributed by atoms with Crippen LogP contribution in [0, 0.1) is 5.95 Å². The lowest BCUT2D eigenvalue weighted by Gasteiger charge is -2.21. The molecule has 0 amide bonds. The van der Waals surface area contributed by atoms with Crippen molar-refractivity contribution in [3.8, 4) is 0 Å². The van der Waals surface area contributed by atoms with Gasteiger partial charge in [-0.05, 0) is 18.1 Å². The summed E-state index contributed by atoms with van der Waals surface area (Å²) in [5, 5.41) is 6.28. The van der Waals surface area contributed by atoms with E-state index < -0.39 is 17.1 Å². The van der Waals surface area contributed by atoms with E-state index in [1.54, 1.807) is 6.07 Å². The number of pyridine rings is 1. The number of aromatic nitrogens is 3. The molecule has 130 valence electrons. The first-order valence-corrected chi connectivity index (χ1v) is 8.22. The molecule has 3 rings (SSSR count). The van der Waals surface area contributed by atoms with E-state index in [2.05, 4.69) is 20.1 Å². The smallest absolute Gasteiger partial charge is 0.345 e. The van der Waals surface area contributed by atoms with Crippen molar-refractivity contribution < 1.29 is 17.6 Å². The highest BCUT2D eigenvalue weighted by Gasteiger charge is 2.36. The van der Waals surface area contributed by atoms with Crippen molar-refractivity contribution >= 4 is 16.5 Å². The maximum Gasteiger partial charge on any atom is 0.445 e. The molecule has 3 heterocycles. The second kappa shape index (κ2) is 6.98. The van der Waals surface area contributed by atoms with Crippen LogP contribution in [0.15, 0.2) is 18.3 Å². The topological polar surface area (TPSA) is 45.2 Å². The maximum atomic E-state index is 12.8. The van der Waals surface area contributed by atoms with E-state index in [4.69, 9.17) is 0 Å². The fourth-order valence-electron chi connectivity index (χ4n) is 2.54. The summed E-state index contributed by atoms with van der Waals surface area (Å²) in [5.74, 6) is -0.516. The van der Waals surface area contributed by atoms with Crippen molar-refractivity contribution in [1.29, 1.82) is 0 Å². The molecule has 1 aliphatic rings. The highest BCUT2D eigenvalue weighted by molar-refractivity contribution is 7.15. The number of nitrogens with zero attached hydrogens (tertiary/aromatic N) is 5. The second-order valence-corrected chi connectivity index (χ2v) is 6.45. The minimum atomic E-state index is -4.45. The van der Waals surface area contributed by atoms with Gasteiger partial charge in [-0.1, -0.05) is 17.4 Å². The van der Waals surface area contributed by atoms with E-state index in [1.165, 1.54) is 12.3 Å². The lowest BCUT2D eigenvalue weighted by atomic mass is 10.2. The number of halogens is 4. The monoisotopic (exact) mass is 361 g/mol. The zero-order valence-electron chi connectivity index (χ0n) is 12.6. The SMILES string of the molecule is Fc1ccc(CN2CCCN(c3nnc(C(F)(F)F)s3)CC2)cn1. The molecule has 0 saturated carbocycles. The Morgan fingerprint density at radius 3 is 2.58 bits per heavy atom.